The Bertz CT molecular complexity index is 1430. The van der Waals surface area contributed by atoms with Gasteiger partial charge in [-0.05, 0) is 81.6 Å². The van der Waals surface area contributed by atoms with Gasteiger partial charge in [-0.25, -0.2) is 13.8 Å². The molecule has 6 rings (SSSR count). The van der Waals surface area contributed by atoms with E-state index in [0.29, 0.717) is 13.1 Å². The van der Waals surface area contributed by atoms with E-state index >= 15 is 0 Å². The number of nitrogens with two attached hydrogens (primary N) is 1. The molecular weight excluding hydrogens is 624 g/mol. The Kier molecular flexibility index (Phi) is 12.4. The molecule has 0 unspecified atom stereocenters. The van der Waals surface area contributed by atoms with E-state index in [1.54, 1.807) is 0 Å². The minimum absolute atomic E-state index is 0.103. The molecule has 2 aromatic heterocycles. The highest BCUT2D eigenvalue weighted by Gasteiger charge is 2.38. The number of hydrogen-bond donors (Lipinski definition) is 2. The number of nitrogens with one attached hydrogen (secondary N) is 1. The van der Waals surface area contributed by atoms with Crippen molar-refractivity contribution in [3.63, 3.8) is 0 Å². The molecule has 0 radical (unpaired) electrons. The predicted octanol–water partition coefficient (Wildman–Crippen LogP) is 5.75. The zero-order valence-electron chi connectivity index (χ0n) is 28.7. The number of hydrogen-bond acceptors (Lipinski definition) is 8. The van der Waals surface area contributed by atoms with Gasteiger partial charge >= 0.3 is 0 Å². The molecular formula is C38H53F2N7O2. The predicted molar refractivity (Wildman–Crippen MR) is 186 cm³/mol. The highest BCUT2D eigenvalue weighted by molar-refractivity contribution is 5.79. The number of fused-ring (bicyclic) bond motifs is 1. The number of nitrogens with zero attached hydrogens (tertiary/aromatic N) is 5. The molecule has 3 heterocycles. The third-order valence-electron chi connectivity index (χ3n) is 10.8. The molecule has 11 heteroatoms. The number of unbranched alkanes of at least 4 members (excludes halogenated alkanes) is 1. The molecule has 1 aromatic carbocycles. The molecule has 1 saturated heterocycles. The van der Waals surface area contributed by atoms with E-state index in [2.05, 4.69) is 37.1 Å². The monoisotopic (exact) mass is 677 g/mol. The molecule has 3 N–H and O–H groups in total. The number of halogens is 2. The fourth-order valence-corrected chi connectivity index (χ4v) is 8.02. The van der Waals surface area contributed by atoms with Gasteiger partial charge in [-0.15, -0.1) is 0 Å². The Labute approximate surface area is 289 Å². The van der Waals surface area contributed by atoms with Gasteiger partial charge in [0.25, 0.3) is 0 Å². The van der Waals surface area contributed by atoms with E-state index in [0.717, 1.165) is 89.1 Å². The summed E-state index contributed by atoms with van der Waals surface area (Å²) in [7, 11) is 0. The van der Waals surface area contributed by atoms with Crippen molar-refractivity contribution < 1.29 is 18.0 Å². The van der Waals surface area contributed by atoms with E-state index in [-0.39, 0.29) is 55.6 Å². The number of rotatable bonds is 15. The molecule has 0 bridgehead atoms. The van der Waals surface area contributed by atoms with Crippen LogP contribution in [-0.4, -0.2) is 88.4 Å². The van der Waals surface area contributed by atoms with E-state index in [4.69, 9.17) is 15.1 Å². The number of benzene rings is 1. The maximum Gasteiger partial charge on any atom is 0.248 e. The summed E-state index contributed by atoms with van der Waals surface area (Å²) in [5.41, 5.74) is 9.57. The molecule has 2 fully saturated rings. The van der Waals surface area contributed by atoms with Crippen LogP contribution in [-0.2, 0) is 17.8 Å². The maximum atomic E-state index is 13.8. The number of amides is 1. The van der Waals surface area contributed by atoms with Crippen LogP contribution in [0.25, 0.3) is 0 Å². The number of aromatic nitrogens is 2. The van der Waals surface area contributed by atoms with Crippen LogP contribution >= 0.6 is 0 Å². The Morgan fingerprint density at radius 2 is 1.94 bits per heavy atom. The Hall–Kier alpha value is -3.25. The van der Waals surface area contributed by atoms with Crippen LogP contribution in [0.4, 0.5) is 8.78 Å². The van der Waals surface area contributed by atoms with Crippen LogP contribution in [0, 0.1) is 5.92 Å². The molecule has 1 amide bonds. The summed E-state index contributed by atoms with van der Waals surface area (Å²) < 4.78 is 33.4. The molecule has 3 atom stereocenters. The molecule has 3 aliphatic rings. The first-order valence-corrected chi connectivity index (χ1v) is 18.3. The van der Waals surface area contributed by atoms with Crippen molar-refractivity contribution in [2.45, 2.75) is 94.8 Å². The van der Waals surface area contributed by atoms with Crippen molar-refractivity contribution in [2.75, 3.05) is 45.8 Å². The minimum Gasteiger partial charge on any atom is -0.447 e. The Morgan fingerprint density at radius 1 is 1.10 bits per heavy atom. The van der Waals surface area contributed by atoms with Crippen molar-refractivity contribution in [1.82, 2.24) is 30.0 Å². The van der Waals surface area contributed by atoms with Gasteiger partial charge in [-0.3, -0.25) is 19.6 Å². The largest absolute Gasteiger partial charge is 0.447 e. The van der Waals surface area contributed by atoms with Gasteiger partial charge in [0.2, 0.25) is 11.8 Å². The van der Waals surface area contributed by atoms with Crippen LogP contribution in [0.1, 0.15) is 92.5 Å². The molecule has 3 aromatic rings. The van der Waals surface area contributed by atoms with E-state index < -0.39 is 5.92 Å². The van der Waals surface area contributed by atoms with Crippen LogP contribution in [0.3, 0.4) is 0 Å². The second kappa shape index (κ2) is 17.1. The fourth-order valence-electron chi connectivity index (χ4n) is 8.02. The molecule has 1 saturated carbocycles. The lowest BCUT2D eigenvalue weighted by Crippen LogP contribution is -2.57. The van der Waals surface area contributed by atoms with Gasteiger partial charge in [-0.1, -0.05) is 36.4 Å². The highest BCUT2D eigenvalue weighted by atomic mass is 19.3. The minimum atomic E-state index is -2.65. The second-order valence-corrected chi connectivity index (χ2v) is 14.2. The molecule has 2 aliphatic carbocycles. The summed E-state index contributed by atoms with van der Waals surface area (Å²) >= 11 is 0. The van der Waals surface area contributed by atoms with Gasteiger partial charge < -0.3 is 20.4 Å². The molecule has 49 heavy (non-hydrogen) atoms. The average Bonchev–Trinajstić information content (AvgIpc) is 3.64. The first-order chi connectivity index (χ1) is 23.9. The quantitative estimate of drug-likeness (QED) is 0.196. The average molecular weight is 678 g/mol. The lowest BCUT2D eigenvalue weighted by Gasteiger charge is -2.45. The van der Waals surface area contributed by atoms with Crippen molar-refractivity contribution in [1.29, 1.82) is 0 Å². The van der Waals surface area contributed by atoms with E-state index in [9.17, 15) is 13.6 Å². The summed E-state index contributed by atoms with van der Waals surface area (Å²) in [5.74, 6) is -2.25. The molecule has 9 nitrogen and oxygen atoms in total. The first-order valence-electron chi connectivity index (χ1n) is 18.3. The van der Waals surface area contributed by atoms with Gasteiger partial charge in [0.1, 0.15) is 5.76 Å². The van der Waals surface area contributed by atoms with Crippen LogP contribution in [0.15, 0.2) is 65.7 Å². The number of carbonyl (C=O) groups is 1. The zero-order valence-corrected chi connectivity index (χ0v) is 28.7. The highest BCUT2D eigenvalue weighted by Crippen LogP contribution is 2.37. The number of carbonyl (C=O) groups excluding carboxylic acids is 1. The molecule has 1 aliphatic heterocycles. The van der Waals surface area contributed by atoms with Crippen molar-refractivity contribution in [3.8, 4) is 0 Å². The van der Waals surface area contributed by atoms with Gasteiger partial charge in [0.15, 0.2) is 6.39 Å². The maximum absolute atomic E-state index is 13.8. The van der Waals surface area contributed by atoms with Crippen molar-refractivity contribution in [3.05, 3.63) is 83.8 Å². The van der Waals surface area contributed by atoms with Crippen LogP contribution < -0.4 is 11.1 Å². The number of aryl methyl sites for hydroxylation is 1. The Balaban J connectivity index is 1.16. The topological polar surface area (TPSA) is 104 Å². The van der Waals surface area contributed by atoms with E-state index in [1.807, 2.05) is 42.7 Å². The molecule has 266 valence electrons. The Morgan fingerprint density at radius 3 is 2.71 bits per heavy atom. The third-order valence-corrected chi connectivity index (χ3v) is 10.8. The third kappa shape index (κ3) is 9.72. The molecule has 0 spiro atoms. The summed E-state index contributed by atoms with van der Waals surface area (Å²) in [5, 5.41) is 3.27. The fraction of sp³-hybridized carbons (Fsp3) is 0.605. The van der Waals surface area contributed by atoms with Gasteiger partial charge in [0, 0.05) is 63.7 Å². The SMILES string of the molecule is NCCCCN(C[C@H]1CN(CC[C@H](NC(=O)C2CCC(F)(F)CC2)c2ccccc2)CCN1Cc1cnco1)[C@H]1CCCc2cccnc21. The number of pyridine rings is 1. The van der Waals surface area contributed by atoms with Crippen LogP contribution in [0.2, 0.25) is 0 Å². The van der Waals surface area contributed by atoms with E-state index in [1.165, 1.54) is 17.7 Å². The first kappa shape index (κ1) is 35.6. The lowest BCUT2D eigenvalue weighted by atomic mass is 9.86. The zero-order chi connectivity index (χ0) is 34.1. The standard InChI is InChI=1S/C38H53F2N7O2/c39-38(40)16-13-31(14-17-38)37(48)44-34(29-8-2-1-3-9-29)15-21-45-22-23-46(27-33-24-42-28-49-33)32(25-45)26-47(20-5-4-18-41)35-12-6-10-30-11-7-19-43-36(30)35/h1-3,7-9,11,19,24,28,31-32,34-35H,4-6,10,12-18,20-23,25-27,41H2,(H,44,48)/t32-,34+,35+/m1/s1. The van der Waals surface area contributed by atoms with Crippen LogP contribution in [0.5, 0.6) is 0 Å². The van der Waals surface area contributed by atoms with Gasteiger partial charge in [0.05, 0.1) is 30.5 Å². The summed E-state index contributed by atoms with van der Waals surface area (Å²) in [6.07, 6.45) is 11.4. The smallest absolute Gasteiger partial charge is 0.248 e. The second-order valence-electron chi connectivity index (χ2n) is 14.2. The number of piperazine rings is 1. The van der Waals surface area contributed by atoms with Crippen molar-refractivity contribution >= 4 is 5.91 Å². The normalized spacial score (nSPS) is 22.5. The van der Waals surface area contributed by atoms with Gasteiger partial charge in [-0.2, -0.15) is 0 Å². The summed E-state index contributed by atoms with van der Waals surface area (Å²) in [6.45, 7) is 6.76. The summed E-state index contributed by atoms with van der Waals surface area (Å²) in [6, 6.07) is 14.7. The lowest BCUT2D eigenvalue weighted by molar-refractivity contribution is -0.130. The number of alkyl halides is 2. The summed E-state index contributed by atoms with van der Waals surface area (Å²) in [4.78, 5) is 30.1. The van der Waals surface area contributed by atoms with Crippen molar-refractivity contribution in [2.24, 2.45) is 11.7 Å². The number of oxazole rings is 1.